The predicted octanol–water partition coefficient (Wildman–Crippen LogP) is -0.280. The fraction of sp³-hybridized carbons (Fsp3) is 0.600. The van der Waals surface area contributed by atoms with Crippen LogP contribution in [0.3, 0.4) is 0 Å². The largest absolute Gasteiger partial charge is 0.469 e. The SMILES string of the molecule is COC(=O)CC(=O)OC.[Fe]. The summed E-state index contributed by atoms with van der Waals surface area (Å²) in [6, 6.07) is 0. The number of esters is 2. The molecule has 0 amide bonds. The molecule has 0 aliphatic heterocycles. The van der Waals surface area contributed by atoms with Crippen molar-refractivity contribution in [3.63, 3.8) is 0 Å². The second-order valence-electron chi connectivity index (χ2n) is 1.33. The van der Waals surface area contributed by atoms with Gasteiger partial charge in [-0.15, -0.1) is 0 Å². The van der Waals surface area contributed by atoms with E-state index in [1.807, 2.05) is 0 Å². The van der Waals surface area contributed by atoms with Crippen LogP contribution >= 0.6 is 0 Å². The average Bonchev–Trinajstić information content (AvgIpc) is 1.87. The number of hydrogen-bond acceptors (Lipinski definition) is 4. The van der Waals surface area contributed by atoms with Crippen LogP contribution in [0.15, 0.2) is 0 Å². The number of ether oxygens (including phenoxy) is 2. The van der Waals surface area contributed by atoms with Crippen molar-refractivity contribution < 1.29 is 36.1 Å². The third kappa shape index (κ3) is 5.59. The first-order valence-corrected chi connectivity index (χ1v) is 2.34. The van der Waals surface area contributed by atoms with Crippen LogP contribution < -0.4 is 0 Å². The summed E-state index contributed by atoms with van der Waals surface area (Å²) in [7, 11) is 2.43. The van der Waals surface area contributed by atoms with Gasteiger partial charge in [-0.3, -0.25) is 9.59 Å². The van der Waals surface area contributed by atoms with Gasteiger partial charge in [0, 0.05) is 17.1 Å². The monoisotopic (exact) mass is 188 g/mol. The van der Waals surface area contributed by atoms with E-state index in [-0.39, 0.29) is 23.5 Å². The Morgan fingerprint density at radius 2 is 1.40 bits per heavy atom. The van der Waals surface area contributed by atoms with E-state index in [2.05, 4.69) is 9.47 Å². The standard InChI is InChI=1S/C5H8O4.Fe/c1-8-4(6)3-5(7)9-2;/h3H2,1-2H3;. The van der Waals surface area contributed by atoms with Crippen LogP contribution in [-0.4, -0.2) is 26.2 Å². The van der Waals surface area contributed by atoms with Crippen molar-refractivity contribution >= 4 is 11.9 Å². The van der Waals surface area contributed by atoms with E-state index >= 15 is 0 Å². The van der Waals surface area contributed by atoms with Gasteiger partial charge in [-0.05, 0) is 0 Å². The molecule has 60 valence electrons. The summed E-state index contributed by atoms with van der Waals surface area (Å²) in [5.74, 6) is -1.16. The molecule has 0 aromatic heterocycles. The van der Waals surface area contributed by atoms with E-state index in [1.165, 1.54) is 14.2 Å². The van der Waals surface area contributed by atoms with Gasteiger partial charge in [-0.2, -0.15) is 0 Å². The Kier molecular flexibility index (Phi) is 8.00. The molecule has 10 heavy (non-hydrogen) atoms. The summed E-state index contributed by atoms with van der Waals surface area (Å²) in [6.45, 7) is 0. The van der Waals surface area contributed by atoms with Crippen molar-refractivity contribution in [2.24, 2.45) is 0 Å². The fourth-order valence-corrected chi connectivity index (χ4v) is 0.262. The average molecular weight is 188 g/mol. The van der Waals surface area contributed by atoms with Gasteiger partial charge in [0.05, 0.1) is 14.2 Å². The van der Waals surface area contributed by atoms with Crippen LogP contribution in [-0.2, 0) is 36.1 Å². The number of rotatable bonds is 2. The predicted molar refractivity (Wildman–Crippen MR) is 28.6 cm³/mol. The first-order valence-electron chi connectivity index (χ1n) is 2.34. The van der Waals surface area contributed by atoms with E-state index in [1.54, 1.807) is 0 Å². The number of hydrogen-bond donors (Lipinski definition) is 0. The zero-order chi connectivity index (χ0) is 7.28. The molecule has 0 heterocycles. The molecule has 0 saturated heterocycles. The van der Waals surface area contributed by atoms with E-state index in [4.69, 9.17) is 0 Å². The molecule has 0 radical (unpaired) electrons. The molecule has 0 aromatic carbocycles. The van der Waals surface area contributed by atoms with Gasteiger partial charge in [0.1, 0.15) is 6.42 Å². The van der Waals surface area contributed by atoms with Gasteiger partial charge >= 0.3 is 11.9 Å². The second-order valence-corrected chi connectivity index (χ2v) is 1.33. The van der Waals surface area contributed by atoms with Gasteiger partial charge in [0.15, 0.2) is 0 Å². The van der Waals surface area contributed by atoms with Gasteiger partial charge < -0.3 is 9.47 Å². The van der Waals surface area contributed by atoms with Gasteiger partial charge in [0.2, 0.25) is 0 Å². The van der Waals surface area contributed by atoms with Crippen molar-refractivity contribution in [2.45, 2.75) is 6.42 Å². The minimum absolute atomic E-state index is 0. The molecular formula is C5H8FeO4. The Labute approximate surface area is 69.3 Å². The van der Waals surface area contributed by atoms with Gasteiger partial charge in [-0.25, -0.2) is 0 Å². The van der Waals surface area contributed by atoms with Crippen LogP contribution in [0.2, 0.25) is 0 Å². The topological polar surface area (TPSA) is 52.6 Å². The van der Waals surface area contributed by atoms with E-state index < -0.39 is 11.9 Å². The summed E-state index contributed by atoms with van der Waals surface area (Å²) in [5, 5.41) is 0. The van der Waals surface area contributed by atoms with Gasteiger partial charge in [0.25, 0.3) is 0 Å². The normalized spacial score (nSPS) is 7.40. The molecular weight excluding hydrogens is 180 g/mol. The number of methoxy groups -OCH3 is 2. The van der Waals surface area contributed by atoms with Crippen molar-refractivity contribution in [1.29, 1.82) is 0 Å². The first kappa shape index (κ1) is 12.2. The molecule has 0 N–H and O–H groups in total. The van der Waals surface area contributed by atoms with E-state index in [0.717, 1.165) is 0 Å². The Morgan fingerprint density at radius 1 is 1.10 bits per heavy atom. The maximum atomic E-state index is 10.3. The minimum Gasteiger partial charge on any atom is -0.469 e. The molecule has 0 fully saturated rings. The van der Waals surface area contributed by atoms with Crippen molar-refractivity contribution in [2.75, 3.05) is 14.2 Å². The van der Waals surface area contributed by atoms with Crippen LogP contribution in [0.5, 0.6) is 0 Å². The zero-order valence-corrected chi connectivity index (χ0v) is 6.80. The van der Waals surface area contributed by atoms with Crippen LogP contribution in [0.25, 0.3) is 0 Å². The summed E-state index contributed by atoms with van der Waals surface area (Å²) in [6.07, 6.45) is -0.312. The Bertz CT molecular complexity index is 109. The molecule has 0 aliphatic carbocycles. The van der Waals surface area contributed by atoms with Crippen molar-refractivity contribution in [3.8, 4) is 0 Å². The molecule has 4 nitrogen and oxygen atoms in total. The Balaban J connectivity index is 0. The fourth-order valence-electron chi connectivity index (χ4n) is 0.262. The summed E-state index contributed by atoms with van der Waals surface area (Å²) < 4.78 is 8.37. The van der Waals surface area contributed by atoms with Crippen LogP contribution in [0.4, 0.5) is 0 Å². The van der Waals surface area contributed by atoms with Crippen molar-refractivity contribution in [3.05, 3.63) is 0 Å². The number of carbonyl (C=O) groups is 2. The molecule has 0 aliphatic rings. The third-order valence-electron chi connectivity index (χ3n) is 0.744. The molecule has 5 heteroatoms. The van der Waals surface area contributed by atoms with Gasteiger partial charge in [-0.1, -0.05) is 0 Å². The van der Waals surface area contributed by atoms with E-state index in [9.17, 15) is 9.59 Å². The Hall–Kier alpha value is -0.541. The molecule has 0 rings (SSSR count). The molecule has 0 spiro atoms. The quantitative estimate of drug-likeness (QED) is 0.339. The summed E-state index contributed by atoms with van der Waals surface area (Å²) in [4.78, 5) is 20.5. The summed E-state index contributed by atoms with van der Waals surface area (Å²) >= 11 is 0. The molecule has 0 saturated carbocycles. The van der Waals surface area contributed by atoms with Crippen LogP contribution in [0, 0.1) is 0 Å². The number of carbonyl (C=O) groups excluding carboxylic acids is 2. The maximum Gasteiger partial charge on any atom is 0.316 e. The molecule has 0 unspecified atom stereocenters. The maximum absolute atomic E-state index is 10.3. The summed E-state index contributed by atoms with van der Waals surface area (Å²) in [5.41, 5.74) is 0. The molecule has 0 atom stereocenters. The third-order valence-corrected chi connectivity index (χ3v) is 0.744. The van der Waals surface area contributed by atoms with E-state index in [0.29, 0.717) is 0 Å². The second kappa shape index (κ2) is 6.58. The van der Waals surface area contributed by atoms with Crippen LogP contribution in [0.1, 0.15) is 6.42 Å². The minimum atomic E-state index is -0.582. The Morgan fingerprint density at radius 3 is 1.60 bits per heavy atom. The zero-order valence-electron chi connectivity index (χ0n) is 5.69. The smallest absolute Gasteiger partial charge is 0.316 e. The molecule has 0 aromatic rings. The molecule has 0 bridgehead atoms. The van der Waals surface area contributed by atoms with Crippen molar-refractivity contribution in [1.82, 2.24) is 0 Å². The first-order chi connectivity index (χ1) is 4.20.